The maximum Gasteiger partial charge on any atom is 0.238 e. The molecule has 2 saturated heterocycles. The highest BCUT2D eigenvalue weighted by Gasteiger charge is 2.36. The van der Waals surface area contributed by atoms with Crippen molar-refractivity contribution < 1.29 is 13.2 Å². The van der Waals surface area contributed by atoms with Crippen LogP contribution in [0.4, 0.5) is 0 Å². The fourth-order valence-corrected chi connectivity index (χ4v) is 4.19. The first-order valence-electron chi connectivity index (χ1n) is 8.12. The van der Waals surface area contributed by atoms with Crippen molar-refractivity contribution in [3.8, 4) is 5.75 Å². The normalized spacial score (nSPS) is 26.2. The van der Waals surface area contributed by atoms with Crippen molar-refractivity contribution in [2.75, 3.05) is 39.8 Å². The number of hydrogen-bond acceptors (Lipinski definition) is 5. The third kappa shape index (κ3) is 4.03. The largest absolute Gasteiger partial charge is 0.492 e. The monoisotopic (exact) mass is 339 g/mol. The SMILES string of the molecule is CN1CCC2CCN(CCOc3ccc(S(N)(=O)=O)cc3)C2C1. The summed E-state index contributed by atoms with van der Waals surface area (Å²) in [6.45, 7) is 5.03. The van der Waals surface area contributed by atoms with E-state index < -0.39 is 10.0 Å². The van der Waals surface area contributed by atoms with Crippen molar-refractivity contribution in [3.05, 3.63) is 24.3 Å². The molecule has 1 aromatic rings. The molecule has 6 nitrogen and oxygen atoms in total. The summed E-state index contributed by atoms with van der Waals surface area (Å²) < 4.78 is 28.2. The lowest BCUT2D eigenvalue weighted by Gasteiger charge is -2.36. The summed E-state index contributed by atoms with van der Waals surface area (Å²) in [4.78, 5) is 5.04. The van der Waals surface area contributed by atoms with Crippen molar-refractivity contribution >= 4 is 10.0 Å². The smallest absolute Gasteiger partial charge is 0.238 e. The van der Waals surface area contributed by atoms with E-state index in [1.807, 2.05) is 0 Å². The Morgan fingerprint density at radius 2 is 1.91 bits per heavy atom. The Balaban J connectivity index is 1.50. The Bertz CT molecular complexity index is 632. The summed E-state index contributed by atoms with van der Waals surface area (Å²) in [5.74, 6) is 1.51. The van der Waals surface area contributed by atoms with Crippen LogP contribution in [-0.2, 0) is 10.0 Å². The third-order valence-corrected chi connectivity index (χ3v) is 5.91. The van der Waals surface area contributed by atoms with E-state index in [2.05, 4.69) is 16.8 Å². The average Bonchev–Trinajstić information content (AvgIpc) is 2.89. The molecule has 0 saturated carbocycles. The molecule has 2 fully saturated rings. The summed E-state index contributed by atoms with van der Waals surface area (Å²) in [5.41, 5.74) is 0. The fraction of sp³-hybridized carbons (Fsp3) is 0.625. The number of rotatable bonds is 5. The number of nitrogens with zero attached hydrogens (tertiary/aromatic N) is 2. The minimum atomic E-state index is -3.64. The van der Waals surface area contributed by atoms with Crippen LogP contribution in [0.5, 0.6) is 5.75 Å². The van der Waals surface area contributed by atoms with E-state index in [0.29, 0.717) is 18.4 Å². The summed E-state index contributed by atoms with van der Waals surface area (Å²) in [6.07, 6.45) is 2.59. The number of likely N-dealkylation sites (tertiary alicyclic amines) is 2. The van der Waals surface area contributed by atoms with Gasteiger partial charge in [0.25, 0.3) is 0 Å². The zero-order chi connectivity index (χ0) is 16.4. The molecule has 128 valence electrons. The second kappa shape index (κ2) is 6.76. The van der Waals surface area contributed by atoms with Gasteiger partial charge in [-0.2, -0.15) is 0 Å². The second-order valence-corrected chi connectivity index (χ2v) is 8.13. The number of sulfonamides is 1. The van der Waals surface area contributed by atoms with Crippen LogP contribution in [0.2, 0.25) is 0 Å². The van der Waals surface area contributed by atoms with Crippen LogP contribution in [0.3, 0.4) is 0 Å². The fourth-order valence-electron chi connectivity index (χ4n) is 3.67. The van der Waals surface area contributed by atoms with E-state index in [0.717, 1.165) is 25.6 Å². The molecular formula is C16H25N3O3S. The number of likely N-dealkylation sites (N-methyl/N-ethyl adjacent to an activating group) is 1. The molecule has 2 heterocycles. The summed E-state index contributed by atoms with van der Waals surface area (Å²) in [5, 5.41) is 5.08. The lowest BCUT2D eigenvalue weighted by atomic mass is 9.92. The number of nitrogens with two attached hydrogens (primary N) is 1. The number of piperidine rings is 1. The summed E-state index contributed by atoms with van der Waals surface area (Å²) in [7, 11) is -1.45. The number of fused-ring (bicyclic) bond motifs is 1. The molecule has 2 aliphatic heterocycles. The van der Waals surface area contributed by atoms with Crippen LogP contribution in [0.15, 0.2) is 29.2 Å². The highest BCUT2D eigenvalue weighted by atomic mass is 32.2. The Labute approximate surface area is 138 Å². The summed E-state index contributed by atoms with van der Waals surface area (Å²) >= 11 is 0. The van der Waals surface area contributed by atoms with Crippen molar-refractivity contribution in [2.24, 2.45) is 11.1 Å². The Kier molecular flexibility index (Phi) is 4.91. The van der Waals surface area contributed by atoms with Gasteiger partial charge in [-0.3, -0.25) is 4.90 Å². The second-order valence-electron chi connectivity index (χ2n) is 6.57. The standard InChI is InChI=1S/C16H25N3O3S/c1-18-8-6-13-7-9-19(16(13)12-18)10-11-22-14-2-4-15(5-3-14)23(17,20)21/h2-5,13,16H,6-12H2,1H3,(H2,17,20,21). The molecule has 1 aromatic carbocycles. The lowest BCUT2D eigenvalue weighted by Crippen LogP contribution is -2.47. The first kappa shape index (κ1) is 16.7. The van der Waals surface area contributed by atoms with Gasteiger partial charge >= 0.3 is 0 Å². The number of primary sulfonamides is 1. The van der Waals surface area contributed by atoms with E-state index in [1.54, 1.807) is 12.1 Å². The van der Waals surface area contributed by atoms with Crippen LogP contribution >= 0.6 is 0 Å². The van der Waals surface area contributed by atoms with Crippen LogP contribution in [0, 0.1) is 5.92 Å². The van der Waals surface area contributed by atoms with E-state index in [9.17, 15) is 8.42 Å². The molecule has 2 N–H and O–H groups in total. The summed E-state index contributed by atoms with van der Waals surface area (Å²) in [6, 6.07) is 6.92. The Hall–Kier alpha value is -1.15. The number of benzene rings is 1. The molecule has 0 bridgehead atoms. The molecule has 0 spiro atoms. The zero-order valence-electron chi connectivity index (χ0n) is 13.5. The van der Waals surface area contributed by atoms with Gasteiger partial charge in [-0.25, -0.2) is 13.6 Å². The predicted molar refractivity (Wildman–Crippen MR) is 88.9 cm³/mol. The van der Waals surface area contributed by atoms with Crippen LogP contribution in [0.1, 0.15) is 12.8 Å². The van der Waals surface area contributed by atoms with Crippen molar-refractivity contribution in [1.29, 1.82) is 0 Å². The first-order chi connectivity index (χ1) is 10.9. The van der Waals surface area contributed by atoms with Crippen LogP contribution in [-0.4, -0.2) is 64.1 Å². The highest BCUT2D eigenvalue weighted by Crippen LogP contribution is 2.30. The van der Waals surface area contributed by atoms with Gasteiger partial charge in [0, 0.05) is 19.1 Å². The van der Waals surface area contributed by atoms with Gasteiger partial charge in [-0.15, -0.1) is 0 Å². The van der Waals surface area contributed by atoms with Gasteiger partial charge in [0.15, 0.2) is 0 Å². The Morgan fingerprint density at radius 3 is 2.61 bits per heavy atom. The van der Waals surface area contributed by atoms with Gasteiger partial charge in [-0.05, 0) is 63.2 Å². The molecule has 0 aliphatic carbocycles. The van der Waals surface area contributed by atoms with Crippen LogP contribution < -0.4 is 9.88 Å². The van der Waals surface area contributed by atoms with Gasteiger partial charge in [0.05, 0.1) is 4.90 Å². The van der Waals surface area contributed by atoms with Crippen LogP contribution in [0.25, 0.3) is 0 Å². The van der Waals surface area contributed by atoms with Crippen molar-refractivity contribution in [3.63, 3.8) is 0 Å². The highest BCUT2D eigenvalue weighted by molar-refractivity contribution is 7.89. The number of ether oxygens (including phenoxy) is 1. The molecule has 7 heteroatoms. The molecule has 0 amide bonds. The maximum atomic E-state index is 11.2. The molecular weight excluding hydrogens is 314 g/mol. The minimum absolute atomic E-state index is 0.109. The van der Waals surface area contributed by atoms with Gasteiger partial charge < -0.3 is 9.64 Å². The van der Waals surface area contributed by atoms with Crippen molar-refractivity contribution in [2.45, 2.75) is 23.8 Å². The molecule has 2 unspecified atom stereocenters. The third-order valence-electron chi connectivity index (χ3n) is 4.98. The number of hydrogen-bond donors (Lipinski definition) is 1. The van der Waals surface area contributed by atoms with E-state index in [4.69, 9.17) is 9.88 Å². The van der Waals surface area contributed by atoms with E-state index in [-0.39, 0.29) is 4.90 Å². The van der Waals surface area contributed by atoms with Gasteiger partial charge in [-0.1, -0.05) is 0 Å². The zero-order valence-corrected chi connectivity index (χ0v) is 14.3. The topological polar surface area (TPSA) is 75.9 Å². The Morgan fingerprint density at radius 1 is 1.22 bits per heavy atom. The van der Waals surface area contributed by atoms with Crippen molar-refractivity contribution in [1.82, 2.24) is 9.80 Å². The first-order valence-corrected chi connectivity index (χ1v) is 9.66. The van der Waals surface area contributed by atoms with E-state index >= 15 is 0 Å². The molecule has 0 radical (unpaired) electrons. The quantitative estimate of drug-likeness (QED) is 0.856. The minimum Gasteiger partial charge on any atom is -0.492 e. The maximum absolute atomic E-state index is 11.2. The molecule has 3 rings (SSSR count). The molecule has 23 heavy (non-hydrogen) atoms. The van der Waals surface area contributed by atoms with Gasteiger partial charge in [0.1, 0.15) is 12.4 Å². The predicted octanol–water partition coefficient (Wildman–Crippen LogP) is 0.739. The average molecular weight is 339 g/mol. The molecule has 2 aliphatic rings. The van der Waals surface area contributed by atoms with E-state index in [1.165, 1.54) is 31.5 Å². The van der Waals surface area contributed by atoms with Gasteiger partial charge in [0.2, 0.25) is 10.0 Å². The lowest BCUT2D eigenvalue weighted by molar-refractivity contribution is 0.110. The molecule has 0 aromatic heterocycles. The molecule has 2 atom stereocenters.